The fourth-order valence-corrected chi connectivity index (χ4v) is 3.44. The number of ether oxygens (including phenoxy) is 1. The van der Waals surface area contributed by atoms with Crippen LogP contribution in [0.5, 0.6) is 5.75 Å². The number of carbonyl (C=O) groups is 1. The summed E-state index contributed by atoms with van der Waals surface area (Å²) in [4.78, 5) is 18.4. The molecule has 2 aromatic rings. The molecule has 1 amide bonds. The van der Waals surface area contributed by atoms with E-state index in [2.05, 4.69) is 4.99 Å². The molecule has 7 heteroatoms. The fourth-order valence-electron chi connectivity index (χ4n) is 2.31. The standard InChI is InChI=1S/C18H16ClFN2O2S/c19-14-4-6-16(7-5-14)24-11-17(23)22-9-8-21-18(22)25-12-13-2-1-3-15(20)10-13/h1-7,10H,8-9,11-12H2. The van der Waals surface area contributed by atoms with E-state index < -0.39 is 0 Å². The van der Waals surface area contributed by atoms with E-state index in [0.29, 0.717) is 34.8 Å². The van der Waals surface area contributed by atoms with Gasteiger partial charge in [0.05, 0.1) is 6.54 Å². The molecular weight excluding hydrogens is 363 g/mol. The molecule has 0 radical (unpaired) electrons. The number of halogens is 2. The number of amides is 1. The molecule has 0 aliphatic carbocycles. The third-order valence-corrected chi connectivity index (χ3v) is 4.87. The highest BCUT2D eigenvalue weighted by atomic mass is 35.5. The van der Waals surface area contributed by atoms with Crippen LogP contribution in [0.2, 0.25) is 5.02 Å². The second-order valence-corrected chi connectivity index (χ2v) is 6.75. The highest BCUT2D eigenvalue weighted by molar-refractivity contribution is 8.13. The van der Waals surface area contributed by atoms with Crippen molar-refractivity contribution in [1.29, 1.82) is 0 Å². The minimum Gasteiger partial charge on any atom is -0.484 e. The molecular formula is C18H16ClFN2O2S. The molecule has 25 heavy (non-hydrogen) atoms. The van der Waals surface area contributed by atoms with Crippen molar-refractivity contribution >= 4 is 34.4 Å². The van der Waals surface area contributed by atoms with Gasteiger partial charge in [-0.3, -0.25) is 14.7 Å². The zero-order chi connectivity index (χ0) is 17.6. The zero-order valence-corrected chi connectivity index (χ0v) is 14.9. The zero-order valence-electron chi connectivity index (χ0n) is 13.3. The van der Waals surface area contributed by atoms with E-state index in [9.17, 15) is 9.18 Å². The Morgan fingerprint density at radius 1 is 1.28 bits per heavy atom. The largest absolute Gasteiger partial charge is 0.484 e. The van der Waals surface area contributed by atoms with Crippen molar-refractivity contribution in [2.45, 2.75) is 5.75 Å². The van der Waals surface area contributed by atoms with E-state index in [4.69, 9.17) is 16.3 Å². The predicted molar refractivity (Wildman–Crippen MR) is 98.7 cm³/mol. The summed E-state index contributed by atoms with van der Waals surface area (Å²) in [6.45, 7) is 1.04. The minimum absolute atomic E-state index is 0.0683. The van der Waals surface area contributed by atoms with Crippen LogP contribution in [0.4, 0.5) is 4.39 Å². The second kappa shape index (κ2) is 8.36. The van der Waals surface area contributed by atoms with Crippen LogP contribution in [0.25, 0.3) is 0 Å². The first-order chi connectivity index (χ1) is 12.1. The molecule has 0 fully saturated rings. The van der Waals surface area contributed by atoms with Crippen molar-refractivity contribution in [2.75, 3.05) is 19.7 Å². The van der Waals surface area contributed by atoms with Gasteiger partial charge in [-0.15, -0.1) is 0 Å². The van der Waals surface area contributed by atoms with E-state index in [1.165, 1.54) is 23.9 Å². The summed E-state index contributed by atoms with van der Waals surface area (Å²) in [6.07, 6.45) is 0. The van der Waals surface area contributed by atoms with E-state index in [-0.39, 0.29) is 18.3 Å². The highest BCUT2D eigenvalue weighted by Crippen LogP contribution is 2.21. The number of thioether (sulfide) groups is 1. The monoisotopic (exact) mass is 378 g/mol. The number of benzene rings is 2. The summed E-state index contributed by atoms with van der Waals surface area (Å²) in [7, 11) is 0. The maximum absolute atomic E-state index is 13.2. The quantitative estimate of drug-likeness (QED) is 0.790. The van der Waals surface area contributed by atoms with Crippen LogP contribution in [0, 0.1) is 5.82 Å². The van der Waals surface area contributed by atoms with E-state index >= 15 is 0 Å². The summed E-state index contributed by atoms with van der Waals surface area (Å²) in [5.41, 5.74) is 0.851. The molecule has 0 unspecified atom stereocenters. The normalized spacial score (nSPS) is 13.7. The minimum atomic E-state index is -0.268. The van der Waals surface area contributed by atoms with Crippen LogP contribution < -0.4 is 4.74 Å². The highest BCUT2D eigenvalue weighted by Gasteiger charge is 2.24. The van der Waals surface area contributed by atoms with Gasteiger partial charge in [0.15, 0.2) is 11.8 Å². The van der Waals surface area contributed by atoms with Gasteiger partial charge in [-0.05, 0) is 42.0 Å². The van der Waals surface area contributed by atoms with Crippen LogP contribution in [0.3, 0.4) is 0 Å². The van der Waals surface area contributed by atoms with Crippen LogP contribution in [0.1, 0.15) is 5.56 Å². The summed E-state index contributed by atoms with van der Waals surface area (Å²) < 4.78 is 18.7. The average molecular weight is 379 g/mol. The predicted octanol–water partition coefficient (Wildman–Crippen LogP) is 3.99. The maximum atomic E-state index is 13.2. The van der Waals surface area contributed by atoms with Crippen LogP contribution in [-0.4, -0.2) is 35.7 Å². The van der Waals surface area contributed by atoms with E-state index in [1.54, 1.807) is 35.2 Å². The number of aliphatic imine (C=N–C) groups is 1. The fraction of sp³-hybridized carbons (Fsp3) is 0.222. The Hall–Kier alpha value is -2.05. The Morgan fingerprint density at radius 3 is 2.84 bits per heavy atom. The van der Waals surface area contributed by atoms with E-state index in [0.717, 1.165) is 5.56 Å². The van der Waals surface area contributed by atoms with Gasteiger partial charge in [0.25, 0.3) is 5.91 Å². The smallest absolute Gasteiger partial charge is 0.266 e. The lowest BCUT2D eigenvalue weighted by atomic mass is 10.2. The molecule has 3 rings (SSSR count). The third-order valence-electron chi connectivity index (χ3n) is 3.54. The van der Waals surface area contributed by atoms with Crippen molar-refractivity contribution in [3.8, 4) is 5.75 Å². The van der Waals surface area contributed by atoms with Gasteiger partial charge in [0, 0.05) is 17.3 Å². The van der Waals surface area contributed by atoms with Crippen LogP contribution in [-0.2, 0) is 10.5 Å². The van der Waals surface area contributed by atoms with Crippen molar-refractivity contribution in [3.05, 3.63) is 64.9 Å². The number of carbonyl (C=O) groups excluding carboxylic acids is 1. The second-order valence-electron chi connectivity index (χ2n) is 5.37. The van der Waals surface area contributed by atoms with Crippen molar-refractivity contribution < 1.29 is 13.9 Å². The van der Waals surface area contributed by atoms with E-state index in [1.807, 2.05) is 6.07 Å². The Balaban J connectivity index is 1.53. The topological polar surface area (TPSA) is 41.9 Å². The third kappa shape index (κ3) is 4.96. The Morgan fingerprint density at radius 2 is 2.08 bits per heavy atom. The maximum Gasteiger partial charge on any atom is 0.266 e. The first-order valence-electron chi connectivity index (χ1n) is 7.72. The molecule has 0 spiro atoms. The number of hydrogen-bond donors (Lipinski definition) is 0. The lowest BCUT2D eigenvalue weighted by Gasteiger charge is -2.18. The van der Waals surface area contributed by atoms with Crippen LogP contribution >= 0.6 is 23.4 Å². The summed E-state index contributed by atoms with van der Waals surface area (Å²) >= 11 is 7.24. The van der Waals surface area contributed by atoms with Gasteiger partial charge >= 0.3 is 0 Å². The van der Waals surface area contributed by atoms with Gasteiger partial charge in [0.2, 0.25) is 0 Å². The summed E-state index contributed by atoms with van der Waals surface area (Å²) in [5, 5.41) is 1.26. The molecule has 130 valence electrons. The van der Waals surface area contributed by atoms with Crippen LogP contribution in [0.15, 0.2) is 53.5 Å². The molecule has 0 N–H and O–H groups in total. The molecule has 0 atom stereocenters. The van der Waals surface area contributed by atoms with Crippen molar-refractivity contribution in [2.24, 2.45) is 4.99 Å². The Labute approximate surface area is 154 Å². The molecule has 4 nitrogen and oxygen atoms in total. The molecule has 2 aromatic carbocycles. The molecule has 1 aliphatic heterocycles. The first-order valence-corrected chi connectivity index (χ1v) is 9.08. The lowest BCUT2D eigenvalue weighted by molar-refractivity contribution is -0.128. The number of rotatable bonds is 5. The molecule has 0 saturated heterocycles. The number of hydrogen-bond acceptors (Lipinski definition) is 4. The summed E-state index contributed by atoms with van der Waals surface area (Å²) in [6, 6.07) is 13.3. The van der Waals surface area contributed by atoms with Gasteiger partial charge in [-0.1, -0.05) is 35.5 Å². The Kier molecular flexibility index (Phi) is 5.94. The first kappa shape index (κ1) is 17.8. The molecule has 0 aromatic heterocycles. The Bertz CT molecular complexity index is 783. The summed E-state index contributed by atoms with van der Waals surface area (Å²) in [5.74, 6) is 0.717. The molecule has 0 bridgehead atoms. The average Bonchev–Trinajstić information content (AvgIpc) is 3.08. The van der Waals surface area contributed by atoms with Gasteiger partial charge in [-0.2, -0.15) is 0 Å². The van der Waals surface area contributed by atoms with Gasteiger partial charge < -0.3 is 4.74 Å². The number of nitrogens with zero attached hydrogens (tertiary/aromatic N) is 2. The van der Waals surface area contributed by atoms with Crippen molar-refractivity contribution in [1.82, 2.24) is 4.90 Å². The number of amidine groups is 1. The van der Waals surface area contributed by atoms with Crippen molar-refractivity contribution in [3.63, 3.8) is 0 Å². The lowest BCUT2D eigenvalue weighted by Crippen LogP contribution is -2.36. The van der Waals surface area contributed by atoms with Gasteiger partial charge in [-0.25, -0.2) is 4.39 Å². The molecule has 0 saturated carbocycles. The molecule has 1 aliphatic rings. The van der Waals surface area contributed by atoms with Gasteiger partial charge in [0.1, 0.15) is 11.6 Å². The SMILES string of the molecule is O=C(COc1ccc(Cl)cc1)N1CCN=C1SCc1cccc(F)c1. The molecule has 1 heterocycles.